The summed E-state index contributed by atoms with van der Waals surface area (Å²) in [5.41, 5.74) is -6.50. The van der Waals surface area contributed by atoms with Gasteiger partial charge >= 0.3 is 24.5 Å². The van der Waals surface area contributed by atoms with Crippen molar-refractivity contribution in [2.75, 3.05) is 6.61 Å². The number of fused-ring (bicyclic) bond motifs is 1. The molecular formula is C21H12F9NO2. The molecule has 3 nitrogen and oxygen atoms in total. The van der Waals surface area contributed by atoms with Crippen LogP contribution in [0.2, 0.25) is 0 Å². The number of halogens is 9. The molecule has 2 aromatic carbocycles. The van der Waals surface area contributed by atoms with E-state index in [4.69, 9.17) is 4.74 Å². The van der Waals surface area contributed by atoms with Crippen LogP contribution >= 0.6 is 0 Å². The number of hydrogen-bond donors (Lipinski definition) is 0. The first-order valence-electron chi connectivity index (χ1n) is 9.10. The molecule has 0 fully saturated rings. The van der Waals surface area contributed by atoms with Gasteiger partial charge in [-0.2, -0.15) is 39.5 Å². The van der Waals surface area contributed by atoms with E-state index in [0.29, 0.717) is 24.3 Å². The molecule has 0 unspecified atom stereocenters. The lowest BCUT2D eigenvalue weighted by Crippen LogP contribution is -2.12. The molecule has 0 atom stereocenters. The summed E-state index contributed by atoms with van der Waals surface area (Å²) in [6.45, 7) is 1.23. The van der Waals surface area contributed by atoms with Gasteiger partial charge in [-0.1, -0.05) is 6.07 Å². The third-order valence-electron chi connectivity index (χ3n) is 4.57. The average Bonchev–Trinajstić information content (AvgIpc) is 2.70. The summed E-state index contributed by atoms with van der Waals surface area (Å²) < 4.78 is 124. The number of ether oxygens (including phenoxy) is 1. The number of hydrogen-bond acceptors (Lipinski definition) is 3. The van der Waals surface area contributed by atoms with Crippen molar-refractivity contribution in [3.63, 3.8) is 0 Å². The Labute approximate surface area is 179 Å². The Kier molecular flexibility index (Phi) is 6.07. The van der Waals surface area contributed by atoms with Crippen molar-refractivity contribution in [2.24, 2.45) is 0 Å². The van der Waals surface area contributed by atoms with Crippen molar-refractivity contribution >= 4 is 16.9 Å². The molecule has 33 heavy (non-hydrogen) atoms. The molecule has 0 aliphatic heterocycles. The van der Waals surface area contributed by atoms with Crippen molar-refractivity contribution < 1.29 is 49.0 Å². The number of carbonyl (C=O) groups is 1. The van der Waals surface area contributed by atoms with Crippen LogP contribution in [-0.2, 0) is 23.3 Å². The number of alkyl halides is 9. The van der Waals surface area contributed by atoms with Crippen LogP contribution < -0.4 is 0 Å². The highest BCUT2D eigenvalue weighted by Crippen LogP contribution is 2.41. The lowest BCUT2D eigenvalue weighted by atomic mass is 9.92. The predicted molar refractivity (Wildman–Crippen MR) is 98.1 cm³/mol. The van der Waals surface area contributed by atoms with Crippen LogP contribution in [0.15, 0.2) is 42.6 Å². The first-order chi connectivity index (χ1) is 15.1. The van der Waals surface area contributed by atoms with Crippen LogP contribution in [0.3, 0.4) is 0 Å². The van der Waals surface area contributed by atoms with Gasteiger partial charge in [0, 0.05) is 17.1 Å². The standard InChI is InChI=1S/C21H12F9NO2/c1-2-33-18(32)15-9-31-16-8-11(19(22,23)24)3-4-14(16)17(15)10-5-12(20(25,26)27)7-13(6-10)21(28,29)30/h3-9H,2H2,1H3. The zero-order valence-corrected chi connectivity index (χ0v) is 16.4. The number of carbonyl (C=O) groups excluding carboxylic acids is 1. The zero-order chi connectivity index (χ0) is 24.8. The molecule has 0 aliphatic carbocycles. The average molecular weight is 481 g/mol. The van der Waals surface area contributed by atoms with E-state index < -0.39 is 57.9 Å². The quantitative estimate of drug-likeness (QED) is 0.295. The molecule has 0 N–H and O–H groups in total. The molecule has 0 saturated carbocycles. The molecule has 3 aromatic rings. The molecule has 1 heterocycles. The van der Waals surface area contributed by atoms with Gasteiger partial charge in [0.2, 0.25) is 0 Å². The Balaban J connectivity index is 2.42. The lowest BCUT2D eigenvalue weighted by molar-refractivity contribution is -0.143. The van der Waals surface area contributed by atoms with Crippen molar-refractivity contribution in [1.82, 2.24) is 4.98 Å². The first kappa shape index (κ1) is 24.3. The molecule has 1 aromatic heterocycles. The Hall–Kier alpha value is -3.31. The number of rotatable bonds is 3. The summed E-state index contributed by atoms with van der Waals surface area (Å²) in [7, 11) is 0. The molecular weight excluding hydrogens is 469 g/mol. The summed E-state index contributed by atoms with van der Waals surface area (Å²) in [5.74, 6) is -1.12. The van der Waals surface area contributed by atoms with Crippen LogP contribution in [-0.4, -0.2) is 17.6 Å². The van der Waals surface area contributed by atoms with Crippen LogP contribution in [0.5, 0.6) is 0 Å². The highest BCUT2D eigenvalue weighted by molar-refractivity contribution is 6.07. The van der Waals surface area contributed by atoms with Gasteiger partial charge < -0.3 is 4.74 Å². The van der Waals surface area contributed by atoms with Crippen molar-refractivity contribution in [3.8, 4) is 11.1 Å². The molecule has 0 spiro atoms. The van der Waals surface area contributed by atoms with Gasteiger partial charge in [0.05, 0.1) is 34.4 Å². The molecule has 0 amide bonds. The highest BCUT2D eigenvalue weighted by atomic mass is 19.4. The van der Waals surface area contributed by atoms with Gasteiger partial charge in [-0.15, -0.1) is 0 Å². The van der Waals surface area contributed by atoms with Crippen LogP contribution in [0.1, 0.15) is 34.0 Å². The number of nitrogens with zero attached hydrogens (tertiary/aromatic N) is 1. The van der Waals surface area contributed by atoms with Gasteiger partial charge in [-0.3, -0.25) is 4.98 Å². The van der Waals surface area contributed by atoms with Gasteiger partial charge in [-0.05, 0) is 42.8 Å². The van der Waals surface area contributed by atoms with E-state index in [-0.39, 0.29) is 23.6 Å². The maximum Gasteiger partial charge on any atom is 0.416 e. The largest absolute Gasteiger partial charge is 0.462 e. The summed E-state index contributed by atoms with van der Waals surface area (Å²) in [5, 5.41) is -0.263. The Morgan fingerprint density at radius 3 is 1.85 bits per heavy atom. The van der Waals surface area contributed by atoms with E-state index in [1.54, 1.807) is 0 Å². The van der Waals surface area contributed by atoms with Crippen molar-refractivity contribution in [2.45, 2.75) is 25.5 Å². The monoisotopic (exact) mass is 481 g/mol. The van der Waals surface area contributed by atoms with E-state index in [1.807, 2.05) is 0 Å². The maximum atomic E-state index is 13.3. The van der Waals surface area contributed by atoms with E-state index in [9.17, 15) is 44.3 Å². The van der Waals surface area contributed by atoms with E-state index in [1.165, 1.54) is 6.92 Å². The summed E-state index contributed by atoms with van der Waals surface area (Å²) in [4.78, 5) is 16.1. The molecule has 12 heteroatoms. The summed E-state index contributed by atoms with van der Waals surface area (Å²) in [6.07, 6.45) is -14.4. The van der Waals surface area contributed by atoms with Gasteiger partial charge in [0.1, 0.15) is 0 Å². The normalized spacial score (nSPS) is 12.8. The minimum Gasteiger partial charge on any atom is -0.462 e. The minimum atomic E-state index is -5.17. The van der Waals surface area contributed by atoms with Gasteiger partial charge in [-0.25, -0.2) is 4.79 Å². The van der Waals surface area contributed by atoms with Crippen LogP contribution in [0.25, 0.3) is 22.0 Å². The fourth-order valence-electron chi connectivity index (χ4n) is 3.14. The van der Waals surface area contributed by atoms with Gasteiger partial charge in [0.15, 0.2) is 0 Å². The molecule has 176 valence electrons. The fourth-order valence-corrected chi connectivity index (χ4v) is 3.14. The zero-order valence-electron chi connectivity index (χ0n) is 16.4. The fraction of sp³-hybridized carbons (Fsp3) is 0.238. The smallest absolute Gasteiger partial charge is 0.416 e. The second-order valence-corrected chi connectivity index (χ2v) is 6.79. The van der Waals surface area contributed by atoms with Crippen molar-refractivity contribution in [1.29, 1.82) is 0 Å². The molecule has 0 aliphatic rings. The van der Waals surface area contributed by atoms with Gasteiger partial charge in [0.25, 0.3) is 0 Å². The topological polar surface area (TPSA) is 39.2 Å². The van der Waals surface area contributed by atoms with Crippen LogP contribution in [0, 0.1) is 0 Å². The first-order valence-corrected chi connectivity index (χ1v) is 9.10. The Morgan fingerprint density at radius 1 is 0.818 bits per heavy atom. The lowest BCUT2D eigenvalue weighted by Gasteiger charge is -2.17. The number of benzene rings is 2. The number of aromatic nitrogens is 1. The molecule has 3 rings (SSSR count). The Bertz CT molecular complexity index is 1180. The Morgan fingerprint density at radius 2 is 1.36 bits per heavy atom. The minimum absolute atomic E-state index is 0.0985. The maximum absolute atomic E-state index is 13.3. The van der Waals surface area contributed by atoms with Crippen LogP contribution in [0.4, 0.5) is 39.5 Å². The van der Waals surface area contributed by atoms with E-state index in [2.05, 4.69) is 4.98 Å². The summed E-state index contributed by atoms with van der Waals surface area (Å²) >= 11 is 0. The van der Waals surface area contributed by atoms with E-state index in [0.717, 1.165) is 12.3 Å². The highest BCUT2D eigenvalue weighted by Gasteiger charge is 2.38. The SMILES string of the molecule is CCOC(=O)c1cnc2cc(C(F)(F)F)ccc2c1-c1cc(C(F)(F)F)cc(C(F)(F)F)c1. The third-order valence-corrected chi connectivity index (χ3v) is 4.57. The molecule has 0 saturated heterocycles. The summed E-state index contributed by atoms with van der Waals surface area (Å²) in [6, 6.07) is 2.65. The third kappa shape index (κ3) is 5.04. The number of pyridine rings is 1. The second-order valence-electron chi connectivity index (χ2n) is 6.79. The predicted octanol–water partition coefficient (Wildman–Crippen LogP) is 7.13. The molecule has 0 bridgehead atoms. The number of esters is 1. The molecule has 0 radical (unpaired) electrons. The van der Waals surface area contributed by atoms with Crippen molar-refractivity contribution in [3.05, 3.63) is 64.8 Å². The second kappa shape index (κ2) is 8.23. The van der Waals surface area contributed by atoms with E-state index >= 15 is 0 Å².